The molecule has 0 aromatic carbocycles. The first-order valence-electron chi connectivity index (χ1n) is 4.07. The average Bonchev–Trinajstić information content (AvgIpc) is 2.16. The molecule has 0 aliphatic heterocycles. The SMILES string of the molecule is COC(=O)C(N)Cc1cc(Cl)ccn1. The van der Waals surface area contributed by atoms with Crippen LogP contribution in [0.5, 0.6) is 0 Å². The molecule has 0 saturated carbocycles. The predicted octanol–water partition coefficient (Wildman–Crippen LogP) is 0.778. The summed E-state index contributed by atoms with van der Waals surface area (Å²) < 4.78 is 4.49. The Kier molecular flexibility index (Phi) is 3.85. The molecular formula is C9H11ClN2O2. The summed E-state index contributed by atoms with van der Waals surface area (Å²) in [6.45, 7) is 0. The zero-order valence-corrected chi connectivity index (χ0v) is 8.49. The normalized spacial score (nSPS) is 12.2. The Morgan fingerprint density at radius 3 is 3.07 bits per heavy atom. The van der Waals surface area contributed by atoms with E-state index in [1.165, 1.54) is 7.11 Å². The van der Waals surface area contributed by atoms with Crippen molar-refractivity contribution in [2.45, 2.75) is 12.5 Å². The van der Waals surface area contributed by atoms with E-state index in [4.69, 9.17) is 17.3 Å². The fraction of sp³-hybridized carbons (Fsp3) is 0.333. The molecule has 1 unspecified atom stereocenters. The number of methoxy groups -OCH3 is 1. The molecule has 2 N–H and O–H groups in total. The highest BCUT2D eigenvalue weighted by molar-refractivity contribution is 6.30. The van der Waals surface area contributed by atoms with Gasteiger partial charge in [0.2, 0.25) is 0 Å². The van der Waals surface area contributed by atoms with Gasteiger partial charge in [-0.2, -0.15) is 0 Å². The van der Waals surface area contributed by atoms with Crippen molar-refractivity contribution in [1.82, 2.24) is 4.98 Å². The summed E-state index contributed by atoms with van der Waals surface area (Å²) in [5, 5.41) is 0.576. The number of hydrogen-bond donors (Lipinski definition) is 1. The maximum absolute atomic E-state index is 11.0. The van der Waals surface area contributed by atoms with Crippen LogP contribution in [0.4, 0.5) is 0 Å². The molecule has 5 heteroatoms. The Morgan fingerprint density at radius 2 is 2.50 bits per heavy atom. The summed E-state index contributed by atoms with van der Waals surface area (Å²) in [7, 11) is 1.30. The van der Waals surface area contributed by atoms with E-state index in [1.54, 1.807) is 18.3 Å². The summed E-state index contributed by atoms with van der Waals surface area (Å²) in [5.41, 5.74) is 6.23. The van der Waals surface area contributed by atoms with Crippen LogP contribution < -0.4 is 5.73 Å². The number of pyridine rings is 1. The van der Waals surface area contributed by atoms with Crippen molar-refractivity contribution in [2.24, 2.45) is 5.73 Å². The monoisotopic (exact) mass is 214 g/mol. The number of rotatable bonds is 3. The van der Waals surface area contributed by atoms with E-state index in [1.807, 2.05) is 0 Å². The maximum Gasteiger partial charge on any atom is 0.323 e. The molecule has 0 saturated heterocycles. The Labute approximate surface area is 87.0 Å². The lowest BCUT2D eigenvalue weighted by Crippen LogP contribution is -2.33. The van der Waals surface area contributed by atoms with Crippen molar-refractivity contribution in [3.63, 3.8) is 0 Å². The van der Waals surface area contributed by atoms with Gasteiger partial charge in [-0.05, 0) is 12.1 Å². The van der Waals surface area contributed by atoms with Crippen LogP contribution in [0.1, 0.15) is 5.69 Å². The van der Waals surface area contributed by atoms with E-state index in [0.717, 1.165) is 0 Å². The molecule has 14 heavy (non-hydrogen) atoms. The molecule has 0 fully saturated rings. The summed E-state index contributed by atoms with van der Waals surface area (Å²) in [6.07, 6.45) is 1.90. The number of nitrogens with zero attached hydrogens (tertiary/aromatic N) is 1. The van der Waals surface area contributed by atoms with Crippen LogP contribution in [0, 0.1) is 0 Å². The zero-order chi connectivity index (χ0) is 10.6. The summed E-state index contributed by atoms with van der Waals surface area (Å²) in [4.78, 5) is 15.0. The van der Waals surface area contributed by atoms with Crippen molar-refractivity contribution in [3.8, 4) is 0 Å². The molecule has 0 radical (unpaired) electrons. The first kappa shape index (κ1) is 10.9. The van der Waals surface area contributed by atoms with E-state index in [9.17, 15) is 4.79 Å². The molecule has 0 spiro atoms. The smallest absolute Gasteiger partial charge is 0.323 e. The third-order valence-corrected chi connectivity index (χ3v) is 1.95. The second-order valence-corrected chi connectivity index (χ2v) is 3.24. The first-order chi connectivity index (χ1) is 6.63. The highest BCUT2D eigenvalue weighted by Gasteiger charge is 2.14. The van der Waals surface area contributed by atoms with Gasteiger partial charge in [-0.3, -0.25) is 9.78 Å². The van der Waals surface area contributed by atoms with Crippen LogP contribution >= 0.6 is 11.6 Å². The highest BCUT2D eigenvalue weighted by Crippen LogP contribution is 2.09. The molecule has 0 aliphatic rings. The Morgan fingerprint density at radius 1 is 1.79 bits per heavy atom. The van der Waals surface area contributed by atoms with Gasteiger partial charge in [0, 0.05) is 23.3 Å². The van der Waals surface area contributed by atoms with Crippen LogP contribution in [0.25, 0.3) is 0 Å². The molecule has 1 rings (SSSR count). The van der Waals surface area contributed by atoms with E-state index < -0.39 is 12.0 Å². The van der Waals surface area contributed by atoms with E-state index >= 15 is 0 Å². The van der Waals surface area contributed by atoms with Crippen LogP contribution in [0.2, 0.25) is 5.02 Å². The lowest BCUT2D eigenvalue weighted by Gasteiger charge is -2.08. The lowest BCUT2D eigenvalue weighted by atomic mass is 10.1. The van der Waals surface area contributed by atoms with Gasteiger partial charge in [-0.15, -0.1) is 0 Å². The number of carbonyl (C=O) groups excluding carboxylic acids is 1. The fourth-order valence-electron chi connectivity index (χ4n) is 1.02. The van der Waals surface area contributed by atoms with Gasteiger partial charge >= 0.3 is 5.97 Å². The maximum atomic E-state index is 11.0. The minimum absolute atomic E-state index is 0.327. The van der Waals surface area contributed by atoms with Gasteiger partial charge < -0.3 is 10.5 Å². The van der Waals surface area contributed by atoms with Gasteiger partial charge in [-0.1, -0.05) is 11.6 Å². The molecule has 0 bridgehead atoms. The molecule has 1 heterocycles. The minimum atomic E-state index is -0.689. The molecular weight excluding hydrogens is 204 g/mol. The largest absolute Gasteiger partial charge is 0.468 e. The number of esters is 1. The molecule has 0 amide bonds. The summed E-state index contributed by atoms with van der Waals surface area (Å²) >= 11 is 5.74. The van der Waals surface area contributed by atoms with Crippen molar-refractivity contribution >= 4 is 17.6 Å². The van der Waals surface area contributed by atoms with Crippen molar-refractivity contribution in [3.05, 3.63) is 29.0 Å². The quantitative estimate of drug-likeness (QED) is 0.756. The Balaban J connectivity index is 2.64. The summed E-state index contributed by atoms with van der Waals surface area (Å²) in [5.74, 6) is -0.452. The number of hydrogen-bond acceptors (Lipinski definition) is 4. The van der Waals surface area contributed by atoms with E-state index in [-0.39, 0.29) is 0 Å². The Bertz CT molecular complexity index is 330. The molecule has 1 atom stereocenters. The average molecular weight is 215 g/mol. The zero-order valence-electron chi connectivity index (χ0n) is 7.74. The van der Waals surface area contributed by atoms with Crippen molar-refractivity contribution in [2.75, 3.05) is 7.11 Å². The van der Waals surface area contributed by atoms with Gasteiger partial charge in [0.05, 0.1) is 7.11 Å². The highest BCUT2D eigenvalue weighted by atomic mass is 35.5. The molecule has 76 valence electrons. The third-order valence-electron chi connectivity index (χ3n) is 1.71. The fourth-order valence-corrected chi connectivity index (χ4v) is 1.20. The predicted molar refractivity (Wildman–Crippen MR) is 52.9 cm³/mol. The third kappa shape index (κ3) is 2.97. The molecule has 1 aromatic heterocycles. The lowest BCUT2D eigenvalue weighted by molar-refractivity contribution is -0.142. The van der Waals surface area contributed by atoms with Gasteiger partial charge in [0.25, 0.3) is 0 Å². The van der Waals surface area contributed by atoms with Crippen LogP contribution in [-0.4, -0.2) is 24.1 Å². The molecule has 4 nitrogen and oxygen atoms in total. The second kappa shape index (κ2) is 4.93. The summed E-state index contributed by atoms with van der Waals surface area (Å²) in [6, 6.07) is 2.64. The van der Waals surface area contributed by atoms with Gasteiger partial charge in [0.15, 0.2) is 0 Å². The van der Waals surface area contributed by atoms with Crippen molar-refractivity contribution in [1.29, 1.82) is 0 Å². The van der Waals surface area contributed by atoms with E-state index in [2.05, 4.69) is 9.72 Å². The topological polar surface area (TPSA) is 65.2 Å². The second-order valence-electron chi connectivity index (χ2n) is 2.80. The van der Waals surface area contributed by atoms with Crippen molar-refractivity contribution < 1.29 is 9.53 Å². The molecule has 1 aromatic rings. The van der Waals surface area contributed by atoms with Crippen LogP contribution in [0.3, 0.4) is 0 Å². The molecule has 0 aliphatic carbocycles. The first-order valence-corrected chi connectivity index (χ1v) is 4.45. The van der Waals surface area contributed by atoms with Crippen LogP contribution in [0.15, 0.2) is 18.3 Å². The Hall–Kier alpha value is -1.13. The number of nitrogens with two attached hydrogens (primary N) is 1. The number of halogens is 1. The van der Waals surface area contributed by atoms with Crippen LogP contribution in [-0.2, 0) is 16.0 Å². The van der Waals surface area contributed by atoms with E-state index in [0.29, 0.717) is 17.1 Å². The minimum Gasteiger partial charge on any atom is -0.468 e. The van der Waals surface area contributed by atoms with Gasteiger partial charge in [0.1, 0.15) is 6.04 Å². The number of aromatic nitrogens is 1. The number of carbonyl (C=O) groups is 1. The number of ether oxygens (including phenoxy) is 1. The van der Waals surface area contributed by atoms with Gasteiger partial charge in [-0.25, -0.2) is 0 Å². The standard InChI is InChI=1S/C9H11ClN2O2/c1-14-9(13)8(11)5-7-4-6(10)2-3-12-7/h2-4,8H,5,11H2,1H3.